The first-order valence-corrected chi connectivity index (χ1v) is 11.9. The Kier molecular flexibility index (Phi) is 5.75. The van der Waals surface area contributed by atoms with E-state index in [0.29, 0.717) is 25.1 Å². The van der Waals surface area contributed by atoms with E-state index in [1.165, 1.54) is 12.1 Å². The highest BCUT2D eigenvalue weighted by atomic mass is 19.1. The van der Waals surface area contributed by atoms with Crippen LogP contribution >= 0.6 is 0 Å². The first-order chi connectivity index (χ1) is 16.4. The zero-order valence-corrected chi connectivity index (χ0v) is 19.1. The number of rotatable bonds is 5. The van der Waals surface area contributed by atoms with Gasteiger partial charge in [-0.15, -0.1) is 0 Å². The van der Waals surface area contributed by atoms with Gasteiger partial charge in [0.15, 0.2) is 0 Å². The van der Waals surface area contributed by atoms with Gasteiger partial charge in [-0.05, 0) is 66.6 Å². The first kappa shape index (κ1) is 22.4. The summed E-state index contributed by atoms with van der Waals surface area (Å²) in [6.45, 7) is 0.00903. The van der Waals surface area contributed by atoms with E-state index in [2.05, 4.69) is 5.32 Å². The van der Waals surface area contributed by atoms with Crippen molar-refractivity contribution in [2.24, 2.45) is 0 Å². The zero-order valence-electron chi connectivity index (χ0n) is 19.1. The number of imide groups is 1. The largest absolute Gasteiger partial charge is 0.399 e. The number of nitrogen functional groups attached to an aromatic ring is 1. The minimum Gasteiger partial charge on any atom is -0.399 e. The average Bonchev–Trinajstić information content (AvgIpc) is 3.31. The Bertz CT molecular complexity index is 1130. The Hall–Kier alpha value is -3.42. The van der Waals surface area contributed by atoms with Crippen LogP contribution in [0.25, 0.3) is 0 Å². The van der Waals surface area contributed by atoms with Crippen LogP contribution in [0.2, 0.25) is 0 Å². The molecule has 0 aromatic heterocycles. The molecule has 2 aliphatic carbocycles. The van der Waals surface area contributed by atoms with Crippen molar-refractivity contribution in [2.45, 2.75) is 63.1 Å². The van der Waals surface area contributed by atoms with E-state index < -0.39 is 11.6 Å². The molecular formula is C26H29FN4O3. The summed E-state index contributed by atoms with van der Waals surface area (Å²) in [5.41, 5.74) is 7.89. The standard InChI is InChI=1S/C26H29FN4O3/c27-19-8-6-17(7-9-19)15-30(21-4-2-1-3-5-21)23(32)16-31-24(33)26(29-25(31)34)13-12-18-14-20(28)10-11-22(18)26/h6-11,14,21H,1-5,12-13,15-16,28H2,(H,29,34)/t26-/m0/s1. The predicted molar refractivity (Wildman–Crippen MR) is 125 cm³/mol. The lowest BCUT2D eigenvalue weighted by Crippen LogP contribution is -2.48. The number of carbonyl (C=O) groups is 3. The van der Waals surface area contributed by atoms with Crippen LogP contribution < -0.4 is 11.1 Å². The predicted octanol–water partition coefficient (Wildman–Crippen LogP) is 3.46. The average molecular weight is 465 g/mol. The molecule has 2 fully saturated rings. The summed E-state index contributed by atoms with van der Waals surface area (Å²) in [7, 11) is 0. The van der Waals surface area contributed by atoms with E-state index >= 15 is 0 Å². The van der Waals surface area contributed by atoms with E-state index in [1.54, 1.807) is 29.2 Å². The Morgan fingerprint density at radius 2 is 1.85 bits per heavy atom. The number of benzene rings is 2. The molecule has 0 unspecified atom stereocenters. The lowest BCUT2D eigenvalue weighted by molar-refractivity contribution is -0.141. The minimum absolute atomic E-state index is 0.0382. The zero-order chi connectivity index (χ0) is 23.9. The molecule has 4 amide bonds. The maximum atomic E-state index is 13.5. The molecule has 3 N–H and O–H groups in total. The molecule has 34 heavy (non-hydrogen) atoms. The summed E-state index contributed by atoms with van der Waals surface area (Å²) >= 11 is 0. The number of aryl methyl sites for hydroxylation is 1. The molecule has 1 atom stereocenters. The monoisotopic (exact) mass is 464 g/mol. The van der Waals surface area contributed by atoms with Crippen molar-refractivity contribution in [3.63, 3.8) is 0 Å². The van der Waals surface area contributed by atoms with Gasteiger partial charge in [0.05, 0.1) is 0 Å². The van der Waals surface area contributed by atoms with Crippen LogP contribution in [0.3, 0.4) is 0 Å². The minimum atomic E-state index is -1.13. The molecule has 7 nitrogen and oxygen atoms in total. The second kappa shape index (κ2) is 8.74. The number of hydrogen-bond donors (Lipinski definition) is 2. The van der Waals surface area contributed by atoms with Crippen molar-refractivity contribution in [1.82, 2.24) is 15.1 Å². The third-order valence-corrected chi connectivity index (χ3v) is 7.43. The van der Waals surface area contributed by atoms with Crippen LogP contribution in [-0.4, -0.2) is 40.2 Å². The second-order valence-electron chi connectivity index (χ2n) is 9.58. The van der Waals surface area contributed by atoms with Gasteiger partial charge in [-0.3, -0.25) is 14.5 Å². The molecule has 2 aromatic rings. The highest BCUT2D eigenvalue weighted by Gasteiger charge is 2.55. The van der Waals surface area contributed by atoms with Gasteiger partial charge in [-0.1, -0.05) is 37.5 Å². The number of nitrogens with one attached hydrogen (secondary N) is 1. The van der Waals surface area contributed by atoms with Crippen molar-refractivity contribution in [2.75, 3.05) is 12.3 Å². The fraction of sp³-hybridized carbons (Fsp3) is 0.423. The molecule has 5 rings (SSSR count). The lowest BCUT2D eigenvalue weighted by atomic mass is 9.91. The smallest absolute Gasteiger partial charge is 0.325 e. The van der Waals surface area contributed by atoms with Crippen LogP contribution in [0, 0.1) is 5.82 Å². The molecule has 1 saturated carbocycles. The van der Waals surface area contributed by atoms with Crippen molar-refractivity contribution in [1.29, 1.82) is 0 Å². The van der Waals surface area contributed by atoms with Gasteiger partial charge < -0.3 is 16.0 Å². The number of nitrogens with two attached hydrogens (primary N) is 1. The highest BCUT2D eigenvalue weighted by molar-refractivity contribution is 6.10. The molecule has 0 bridgehead atoms. The number of urea groups is 1. The summed E-state index contributed by atoms with van der Waals surface area (Å²) in [5.74, 6) is -0.991. The van der Waals surface area contributed by atoms with E-state index in [0.717, 1.165) is 53.7 Å². The molecule has 1 spiro atoms. The molecule has 0 radical (unpaired) electrons. The van der Waals surface area contributed by atoms with Crippen LogP contribution in [0.5, 0.6) is 0 Å². The van der Waals surface area contributed by atoms with E-state index in [9.17, 15) is 18.8 Å². The van der Waals surface area contributed by atoms with Gasteiger partial charge in [0, 0.05) is 18.3 Å². The quantitative estimate of drug-likeness (QED) is 0.523. The number of hydrogen-bond acceptors (Lipinski definition) is 4. The van der Waals surface area contributed by atoms with Gasteiger partial charge in [0.2, 0.25) is 5.91 Å². The van der Waals surface area contributed by atoms with Gasteiger partial charge in [0.1, 0.15) is 17.9 Å². The fourth-order valence-corrected chi connectivity index (χ4v) is 5.64. The summed E-state index contributed by atoms with van der Waals surface area (Å²) < 4.78 is 13.4. The van der Waals surface area contributed by atoms with Crippen molar-refractivity contribution in [3.05, 3.63) is 65.0 Å². The summed E-state index contributed by atoms with van der Waals surface area (Å²) in [4.78, 5) is 42.8. The number of nitrogens with zero attached hydrogens (tertiary/aromatic N) is 2. The Morgan fingerprint density at radius 3 is 2.59 bits per heavy atom. The molecule has 178 valence electrons. The molecule has 1 saturated heterocycles. The van der Waals surface area contributed by atoms with E-state index in [1.807, 2.05) is 6.07 Å². The van der Waals surface area contributed by atoms with Crippen LogP contribution in [0.4, 0.5) is 14.9 Å². The van der Waals surface area contributed by atoms with Crippen LogP contribution in [-0.2, 0) is 28.1 Å². The summed E-state index contributed by atoms with van der Waals surface area (Å²) in [6.07, 6.45) is 6.04. The van der Waals surface area contributed by atoms with Crippen molar-refractivity contribution < 1.29 is 18.8 Å². The van der Waals surface area contributed by atoms with Gasteiger partial charge in [0.25, 0.3) is 5.91 Å². The third-order valence-electron chi connectivity index (χ3n) is 7.43. The summed E-state index contributed by atoms with van der Waals surface area (Å²) in [5, 5.41) is 2.87. The molecule has 3 aliphatic rings. The third kappa shape index (κ3) is 3.91. The molecule has 1 aliphatic heterocycles. The fourth-order valence-electron chi connectivity index (χ4n) is 5.64. The lowest BCUT2D eigenvalue weighted by Gasteiger charge is -2.35. The topological polar surface area (TPSA) is 95.7 Å². The molecule has 1 heterocycles. The molecule has 2 aromatic carbocycles. The SMILES string of the molecule is Nc1ccc2c(c1)CC[C@]21NC(=O)N(CC(=O)N(Cc2ccc(F)cc2)C2CCCCC2)C1=O. The summed E-state index contributed by atoms with van der Waals surface area (Å²) in [6, 6.07) is 10.9. The Morgan fingerprint density at radius 1 is 1.12 bits per heavy atom. The normalized spacial score (nSPS) is 22.2. The van der Waals surface area contributed by atoms with Crippen molar-refractivity contribution >= 4 is 23.5 Å². The Balaban J connectivity index is 1.37. The number of fused-ring (bicyclic) bond motifs is 2. The first-order valence-electron chi connectivity index (χ1n) is 11.9. The molecule has 8 heteroatoms. The molecular weight excluding hydrogens is 435 g/mol. The maximum Gasteiger partial charge on any atom is 0.325 e. The number of amides is 4. The van der Waals surface area contributed by atoms with Gasteiger partial charge >= 0.3 is 6.03 Å². The Labute approximate surface area is 198 Å². The van der Waals surface area contributed by atoms with Crippen LogP contribution in [0.15, 0.2) is 42.5 Å². The number of halogens is 1. The number of anilines is 1. The van der Waals surface area contributed by atoms with E-state index in [4.69, 9.17) is 5.73 Å². The van der Waals surface area contributed by atoms with Crippen LogP contribution in [0.1, 0.15) is 55.2 Å². The van der Waals surface area contributed by atoms with E-state index in [-0.39, 0.29) is 30.2 Å². The number of carbonyl (C=O) groups excluding carboxylic acids is 3. The second-order valence-corrected chi connectivity index (χ2v) is 9.58. The van der Waals surface area contributed by atoms with Gasteiger partial charge in [-0.25, -0.2) is 9.18 Å². The highest BCUT2D eigenvalue weighted by Crippen LogP contribution is 2.42. The van der Waals surface area contributed by atoms with Crippen molar-refractivity contribution in [3.8, 4) is 0 Å². The van der Waals surface area contributed by atoms with Gasteiger partial charge in [-0.2, -0.15) is 0 Å². The maximum absolute atomic E-state index is 13.5.